The van der Waals surface area contributed by atoms with Crippen molar-refractivity contribution in [2.75, 3.05) is 38.2 Å². The Balaban J connectivity index is 1.48. The Bertz CT molecular complexity index is 1160. The van der Waals surface area contributed by atoms with E-state index in [9.17, 15) is 8.78 Å². The summed E-state index contributed by atoms with van der Waals surface area (Å²) >= 11 is 0. The number of para-hydroxylation sites is 1. The number of H-pyrrole nitrogens is 1. The molecule has 2 N–H and O–H groups in total. The van der Waals surface area contributed by atoms with E-state index in [0.29, 0.717) is 38.2 Å². The molecule has 1 fully saturated rings. The summed E-state index contributed by atoms with van der Waals surface area (Å²) in [4.78, 5) is 7.36. The summed E-state index contributed by atoms with van der Waals surface area (Å²) in [5.41, 5.74) is 2.99. The molecule has 5 rings (SSSR count). The van der Waals surface area contributed by atoms with E-state index in [1.54, 1.807) is 0 Å². The zero-order valence-electron chi connectivity index (χ0n) is 20.1. The Kier molecular flexibility index (Phi) is 6.77. The van der Waals surface area contributed by atoms with Gasteiger partial charge in [-0.3, -0.25) is 14.2 Å². The van der Waals surface area contributed by atoms with Gasteiger partial charge in [0.1, 0.15) is 17.8 Å². The summed E-state index contributed by atoms with van der Waals surface area (Å²) in [6.45, 7) is 5.30. The van der Waals surface area contributed by atoms with Crippen molar-refractivity contribution in [3.05, 3.63) is 64.9 Å². The summed E-state index contributed by atoms with van der Waals surface area (Å²) in [6.07, 6.45) is 0.0252. The van der Waals surface area contributed by atoms with Crippen molar-refractivity contribution in [1.29, 1.82) is 0 Å². The molecule has 8 heteroatoms. The molecular weight excluding hydrogens is 456 g/mol. The van der Waals surface area contributed by atoms with Crippen molar-refractivity contribution >= 4 is 16.6 Å². The number of hydrogen-bond donors (Lipinski definition) is 2. The molecule has 2 aliphatic rings. The second-order valence-corrected chi connectivity index (χ2v) is 9.99. The van der Waals surface area contributed by atoms with Crippen molar-refractivity contribution in [3.63, 3.8) is 0 Å². The van der Waals surface area contributed by atoms with Crippen LogP contribution in [0.1, 0.15) is 43.1 Å². The van der Waals surface area contributed by atoms with Gasteiger partial charge in [-0.15, -0.1) is 0 Å². The fourth-order valence-corrected chi connectivity index (χ4v) is 5.68. The van der Waals surface area contributed by atoms with E-state index in [1.807, 2.05) is 36.1 Å². The van der Waals surface area contributed by atoms with E-state index < -0.39 is 23.8 Å². The molecule has 1 unspecified atom stereocenters. The van der Waals surface area contributed by atoms with E-state index in [4.69, 9.17) is 0 Å². The zero-order valence-corrected chi connectivity index (χ0v) is 20.1. The Morgan fingerprint density at radius 2 is 1.86 bits per heavy atom. The molecule has 3 atom stereocenters. The summed E-state index contributed by atoms with van der Waals surface area (Å²) in [5.74, 6) is -1.30. The van der Waals surface area contributed by atoms with Gasteiger partial charge in [-0.2, -0.15) is 0 Å². The van der Waals surface area contributed by atoms with Gasteiger partial charge < -0.3 is 10.3 Å². The second-order valence-electron chi connectivity index (χ2n) is 9.99. The minimum atomic E-state index is -1.14. The highest BCUT2D eigenvalue weighted by Crippen LogP contribution is 2.43. The summed E-state index contributed by atoms with van der Waals surface area (Å²) in [7, 11) is 0. The van der Waals surface area contributed by atoms with Crippen LogP contribution in [0, 0.1) is 11.6 Å². The van der Waals surface area contributed by atoms with E-state index in [2.05, 4.69) is 15.2 Å². The van der Waals surface area contributed by atoms with Crippen LogP contribution in [0.25, 0.3) is 10.9 Å². The predicted octanol–water partition coefficient (Wildman–Crippen LogP) is 5.60. The van der Waals surface area contributed by atoms with Crippen molar-refractivity contribution in [2.45, 2.75) is 51.0 Å². The van der Waals surface area contributed by atoms with Gasteiger partial charge in [-0.05, 0) is 50.5 Å². The third kappa shape index (κ3) is 4.66. The number of halogens is 4. The minimum Gasteiger partial charge on any atom is -0.380 e. The van der Waals surface area contributed by atoms with E-state index in [-0.39, 0.29) is 30.9 Å². The number of fused-ring (bicyclic) bond motifs is 3. The Morgan fingerprint density at radius 1 is 1.14 bits per heavy atom. The molecule has 0 saturated carbocycles. The number of nitrogens with one attached hydrogen (secondary N) is 2. The molecule has 0 spiro atoms. The third-order valence-corrected chi connectivity index (χ3v) is 7.27. The molecule has 188 valence electrons. The van der Waals surface area contributed by atoms with Gasteiger partial charge in [0.25, 0.3) is 0 Å². The number of likely N-dealkylation sites (tertiary alicyclic amines) is 1. The topological polar surface area (TPSA) is 34.3 Å². The Labute approximate surface area is 203 Å². The summed E-state index contributed by atoms with van der Waals surface area (Å²) in [5, 5.41) is 4.23. The molecule has 4 nitrogen and oxygen atoms in total. The number of alkyl halides is 2. The quantitative estimate of drug-likeness (QED) is 0.406. The van der Waals surface area contributed by atoms with Crippen molar-refractivity contribution in [2.24, 2.45) is 0 Å². The van der Waals surface area contributed by atoms with Crippen LogP contribution in [0.4, 0.5) is 23.2 Å². The van der Waals surface area contributed by atoms with Crippen LogP contribution in [-0.4, -0.2) is 65.9 Å². The largest absolute Gasteiger partial charge is 0.380 e. The van der Waals surface area contributed by atoms with Crippen molar-refractivity contribution in [3.8, 4) is 0 Å². The normalized spacial score (nSPS) is 22.2. The molecule has 0 radical (unpaired) electrons. The molecule has 1 aromatic heterocycles. The molecule has 0 bridgehead atoms. The van der Waals surface area contributed by atoms with E-state index >= 15 is 8.78 Å². The lowest BCUT2D eigenvalue weighted by atomic mass is 9.87. The molecular formula is C27H32F4N4. The summed E-state index contributed by atoms with van der Waals surface area (Å²) in [6, 6.07) is 9.72. The van der Waals surface area contributed by atoms with Gasteiger partial charge in [0.15, 0.2) is 0 Å². The van der Waals surface area contributed by atoms with Gasteiger partial charge in [-0.25, -0.2) is 13.2 Å². The minimum absolute atomic E-state index is 0.0614. The highest BCUT2D eigenvalue weighted by molar-refractivity contribution is 5.85. The molecule has 1 saturated heterocycles. The first kappa shape index (κ1) is 24.1. The number of aromatic nitrogens is 1. The average molecular weight is 489 g/mol. The SMILES string of the molecule is CC(F)CN1[C@H](c2c(F)cc(NC3CN(CCCF)C3)cc2F)c2[nH]c3ccccc3c2C[C@H]1C. The van der Waals surface area contributed by atoms with Crippen LogP contribution in [0.3, 0.4) is 0 Å². The standard InChI is InChI=1S/C27H32F4N4/c1-16(29)13-35-17(2)10-21-20-6-3-4-7-24(20)33-26(21)27(35)25-22(30)11-18(12-23(25)31)32-19-14-34(15-19)9-5-8-28/h3-4,6-7,11-12,16-17,19,27,32-33H,5,8-10,13-15H2,1-2H3/t16?,17-,27-/m1/s1. The number of hydrogen-bond acceptors (Lipinski definition) is 3. The average Bonchev–Trinajstić information content (AvgIpc) is 3.14. The molecule has 2 aromatic carbocycles. The first-order valence-electron chi connectivity index (χ1n) is 12.4. The number of benzene rings is 2. The third-order valence-electron chi connectivity index (χ3n) is 7.27. The van der Waals surface area contributed by atoms with Gasteiger partial charge in [0, 0.05) is 60.1 Å². The van der Waals surface area contributed by atoms with E-state index in [1.165, 1.54) is 19.1 Å². The van der Waals surface area contributed by atoms with Crippen LogP contribution >= 0.6 is 0 Å². The van der Waals surface area contributed by atoms with Crippen LogP contribution in [-0.2, 0) is 6.42 Å². The highest BCUT2D eigenvalue weighted by atomic mass is 19.1. The predicted molar refractivity (Wildman–Crippen MR) is 131 cm³/mol. The van der Waals surface area contributed by atoms with Crippen LogP contribution in [0.5, 0.6) is 0 Å². The smallest absolute Gasteiger partial charge is 0.133 e. The maximum atomic E-state index is 15.6. The second kappa shape index (κ2) is 9.82. The molecule has 0 amide bonds. The first-order valence-corrected chi connectivity index (χ1v) is 12.4. The molecule has 0 aliphatic carbocycles. The van der Waals surface area contributed by atoms with Gasteiger partial charge >= 0.3 is 0 Å². The monoisotopic (exact) mass is 488 g/mol. The highest BCUT2D eigenvalue weighted by Gasteiger charge is 2.39. The number of rotatable bonds is 8. The fraction of sp³-hybridized carbons (Fsp3) is 0.481. The molecule has 35 heavy (non-hydrogen) atoms. The van der Waals surface area contributed by atoms with Gasteiger partial charge in [0.2, 0.25) is 0 Å². The number of aromatic amines is 1. The molecule has 3 heterocycles. The lowest BCUT2D eigenvalue weighted by Gasteiger charge is -2.42. The first-order chi connectivity index (χ1) is 16.9. The molecule has 3 aromatic rings. The number of nitrogens with zero attached hydrogens (tertiary/aromatic N) is 2. The maximum absolute atomic E-state index is 15.6. The maximum Gasteiger partial charge on any atom is 0.133 e. The lowest BCUT2D eigenvalue weighted by Crippen LogP contribution is -2.54. The summed E-state index contributed by atoms with van der Waals surface area (Å²) < 4.78 is 57.8. The Morgan fingerprint density at radius 3 is 2.54 bits per heavy atom. The fourth-order valence-electron chi connectivity index (χ4n) is 5.68. The lowest BCUT2D eigenvalue weighted by molar-refractivity contribution is 0.108. The molecule has 2 aliphatic heterocycles. The van der Waals surface area contributed by atoms with Gasteiger partial charge in [-0.1, -0.05) is 18.2 Å². The zero-order chi connectivity index (χ0) is 24.7. The van der Waals surface area contributed by atoms with Crippen LogP contribution in [0.15, 0.2) is 36.4 Å². The van der Waals surface area contributed by atoms with E-state index in [0.717, 1.165) is 22.2 Å². The van der Waals surface area contributed by atoms with Crippen molar-refractivity contribution < 1.29 is 17.6 Å². The number of anilines is 1. The van der Waals surface area contributed by atoms with Crippen molar-refractivity contribution in [1.82, 2.24) is 14.8 Å². The van der Waals surface area contributed by atoms with Crippen LogP contribution in [0.2, 0.25) is 0 Å². The van der Waals surface area contributed by atoms with Gasteiger partial charge in [0.05, 0.1) is 18.8 Å². The van der Waals surface area contributed by atoms with Crippen LogP contribution < -0.4 is 5.32 Å². The Hall–Kier alpha value is -2.58.